The Morgan fingerprint density at radius 3 is 2.79 bits per heavy atom. The van der Waals surface area contributed by atoms with E-state index in [2.05, 4.69) is 0 Å². The minimum absolute atomic E-state index is 0.0953. The first kappa shape index (κ1) is 15.1. The number of nitrogens with two attached hydrogens (primary N) is 1. The van der Waals surface area contributed by atoms with E-state index in [1.807, 2.05) is 38.1 Å². The normalized spacial score (nSPS) is 25.7. The van der Waals surface area contributed by atoms with Crippen LogP contribution in [0.3, 0.4) is 0 Å². The first-order valence-corrected chi connectivity index (χ1v) is 7.30. The van der Waals surface area contributed by atoms with Crippen LogP contribution in [-0.4, -0.2) is 18.5 Å². The molecule has 0 aromatic heterocycles. The maximum atomic E-state index is 6.23. The van der Waals surface area contributed by atoms with E-state index in [-0.39, 0.29) is 12.2 Å². The highest BCUT2D eigenvalue weighted by atomic mass is 35.5. The van der Waals surface area contributed by atoms with Gasteiger partial charge in [-0.3, -0.25) is 5.14 Å². The van der Waals surface area contributed by atoms with Gasteiger partial charge >= 0.3 is 0 Å². The van der Waals surface area contributed by atoms with Crippen molar-refractivity contribution in [2.45, 2.75) is 38.3 Å². The van der Waals surface area contributed by atoms with Gasteiger partial charge in [0.15, 0.2) is 5.79 Å². The Morgan fingerprint density at radius 1 is 1.37 bits per heavy atom. The third kappa shape index (κ3) is 3.84. The Balaban J connectivity index is 2.14. The van der Waals surface area contributed by atoms with Gasteiger partial charge in [0.05, 0.1) is 24.9 Å². The van der Waals surface area contributed by atoms with E-state index in [1.54, 1.807) is 0 Å². The predicted octanol–water partition coefficient (Wildman–Crippen LogP) is 3.46. The Bertz CT molecular complexity index is 430. The van der Waals surface area contributed by atoms with Crippen molar-refractivity contribution < 1.29 is 13.7 Å². The second-order valence-corrected chi connectivity index (χ2v) is 5.66. The van der Waals surface area contributed by atoms with Crippen LogP contribution >= 0.6 is 23.8 Å². The van der Waals surface area contributed by atoms with Gasteiger partial charge in [-0.2, -0.15) is 0 Å². The number of hydrogen-bond donors (Lipinski definition) is 1. The van der Waals surface area contributed by atoms with Crippen molar-refractivity contribution in [2.75, 3.05) is 6.61 Å². The Morgan fingerprint density at radius 2 is 2.11 bits per heavy atom. The fourth-order valence-electron chi connectivity index (χ4n) is 2.23. The van der Waals surface area contributed by atoms with E-state index in [1.165, 1.54) is 0 Å². The summed E-state index contributed by atoms with van der Waals surface area (Å²) >= 11 is 7.10. The molecule has 0 amide bonds. The molecule has 1 aromatic carbocycles. The van der Waals surface area contributed by atoms with Gasteiger partial charge in [-0.25, -0.2) is 0 Å². The maximum absolute atomic E-state index is 6.23. The van der Waals surface area contributed by atoms with Crippen LogP contribution in [0.5, 0.6) is 0 Å². The largest absolute Gasteiger partial charge is 0.344 e. The molecule has 6 heteroatoms. The van der Waals surface area contributed by atoms with Crippen molar-refractivity contribution in [3.8, 4) is 0 Å². The topological polar surface area (TPSA) is 53.7 Å². The Labute approximate surface area is 122 Å². The number of rotatable bonds is 5. The van der Waals surface area contributed by atoms with Crippen molar-refractivity contribution in [1.82, 2.24) is 0 Å². The smallest absolute Gasteiger partial charge is 0.164 e. The van der Waals surface area contributed by atoms with Crippen LogP contribution in [0.25, 0.3) is 0 Å². The highest BCUT2D eigenvalue weighted by molar-refractivity contribution is 7.92. The van der Waals surface area contributed by atoms with Gasteiger partial charge < -0.3 is 13.7 Å². The summed E-state index contributed by atoms with van der Waals surface area (Å²) in [6.45, 7) is 4.30. The molecule has 2 unspecified atom stereocenters. The average Bonchev–Trinajstić information content (AvgIpc) is 2.65. The Kier molecular flexibility index (Phi) is 5.11. The zero-order valence-electron chi connectivity index (χ0n) is 11.0. The first-order chi connectivity index (χ1) is 9.03. The van der Waals surface area contributed by atoms with Gasteiger partial charge in [0, 0.05) is 17.0 Å². The van der Waals surface area contributed by atoms with Crippen LogP contribution in [0.1, 0.15) is 31.9 Å². The quantitative estimate of drug-likeness (QED) is 0.513. The van der Waals surface area contributed by atoms with Crippen molar-refractivity contribution >= 4 is 23.8 Å². The molecular formula is C13H18ClNO3S. The van der Waals surface area contributed by atoms with E-state index in [0.717, 1.165) is 17.8 Å². The minimum atomic E-state index is -0.621. The predicted molar refractivity (Wildman–Crippen MR) is 76.6 cm³/mol. The lowest BCUT2D eigenvalue weighted by atomic mass is 10.0. The summed E-state index contributed by atoms with van der Waals surface area (Å²) in [4.78, 5) is 0. The monoisotopic (exact) mass is 303 g/mol. The zero-order chi connectivity index (χ0) is 13.9. The third-order valence-corrected chi connectivity index (χ3v) is 3.60. The van der Waals surface area contributed by atoms with E-state index in [9.17, 15) is 0 Å². The van der Waals surface area contributed by atoms with Crippen LogP contribution < -0.4 is 5.14 Å². The van der Waals surface area contributed by atoms with Gasteiger partial charge in [0.2, 0.25) is 0 Å². The van der Waals surface area contributed by atoms with Crippen molar-refractivity contribution in [3.05, 3.63) is 34.9 Å². The van der Waals surface area contributed by atoms with E-state index in [4.69, 9.17) is 30.4 Å². The molecule has 1 saturated heterocycles. The van der Waals surface area contributed by atoms with Gasteiger partial charge in [0.1, 0.15) is 6.10 Å². The molecular weight excluding hydrogens is 286 g/mol. The fraction of sp³-hybridized carbons (Fsp3) is 0.538. The molecule has 19 heavy (non-hydrogen) atoms. The molecule has 1 aliphatic rings. The molecule has 0 saturated carbocycles. The molecule has 1 heterocycles. The van der Waals surface area contributed by atoms with Gasteiger partial charge in [0.25, 0.3) is 0 Å². The third-order valence-electron chi connectivity index (χ3n) is 2.95. The van der Waals surface area contributed by atoms with Crippen LogP contribution in [0.15, 0.2) is 24.3 Å². The van der Waals surface area contributed by atoms with Crippen LogP contribution in [0, 0.1) is 0 Å². The molecule has 1 aliphatic heterocycles. The average molecular weight is 304 g/mol. The first-order valence-electron chi connectivity index (χ1n) is 6.12. The molecule has 2 N–H and O–H groups in total. The summed E-state index contributed by atoms with van der Waals surface area (Å²) in [7, 11) is 0. The molecule has 0 bridgehead atoms. The number of ether oxygens (including phenoxy) is 2. The van der Waals surface area contributed by atoms with E-state index in [0.29, 0.717) is 18.1 Å². The molecule has 1 fully saturated rings. The maximum Gasteiger partial charge on any atom is 0.164 e. The second-order valence-electron chi connectivity index (χ2n) is 4.82. The molecule has 106 valence electrons. The molecule has 2 rings (SSSR count). The standard InChI is InChI=1S/C13H18ClNO3S/c1-13(2)17-11(7-8-16-19-15)12(18-13)9-5-3-4-6-10(9)14/h3-6,11-12H,7-8,15H2,1-2H3. The number of halogens is 1. The van der Waals surface area contributed by atoms with Crippen LogP contribution in [0.2, 0.25) is 5.02 Å². The molecule has 4 nitrogen and oxygen atoms in total. The Hall–Kier alpha value is -0.300. The highest BCUT2D eigenvalue weighted by Crippen LogP contribution is 2.41. The lowest BCUT2D eigenvalue weighted by Gasteiger charge is -2.18. The molecule has 0 aliphatic carbocycles. The van der Waals surface area contributed by atoms with Gasteiger partial charge in [-0.05, 0) is 19.9 Å². The summed E-state index contributed by atoms with van der Waals surface area (Å²) in [5.74, 6) is -0.621. The van der Waals surface area contributed by atoms with Gasteiger partial charge in [-0.1, -0.05) is 29.8 Å². The minimum Gasteiger partial charge on any atom is -0.344 e. The summed E-state index contributed by atoms with van der Waals surface area (Å²) < 4.78 is 17.0. The van der Waals surface area contributed by atoms with Gasteiger partial charge in [-0.15, -0.1) is 0 Å². The van der Waals surface area contributed by atoms with Crippen LogP contribution in [-0.2, 0) is 13.7 Å². The van der Waals surface area contributed by atoms with E-state index >= 15 is 0 Å². The summed E-state index contributed by atoms with van der Waals surface area (Å²) in [5.41, 5.74) is 0.945. The zero-order valence-corrected chi connectivity index (χ0v) is 12.5. The number of benzene rings is 1. The lowest BCUT2D eigenvalue weighted by molar-refractivity contribution is -0.147. The molecule has 1 aromatic rings. The number of hydrogen-bond acceptors (Lipinski definition) is 5. The second kappa shape index (κ2) is 6.43. The lowest BCUT2D eigenvalue weighted by Crippen LogP contribution is -2.22. The summed E-state index contributed by atoms with van der Waals surface area (Å²) in [6, 6.07) is 7.66. The molecule has 2 atom stereocenters. The van der Waals surface area contributed by atoms with Crippen molar-refractivity contribution in [1.29, 1.82) is 0 Å². The fourth-order valence-corrected chi connectivity index (χ4v) is 2.66. The summed E-state index contributed by atoms with van der Waals surface area (Å²) in [5, 5.41) is 5.93. The SMILES string of the molecule is CC1(C)OC(CCOSN)C(c2ccccc2Cl)O1. The molecule has 0 radical (unpaired) electrons. The van der Waals surface area contributed by atoms with Crippen LogP contribution in [0.4, 0.5) is 0 Å². The molecule has 0 spiro atoms. The highest BCUT2D eigenvalue weighted by Gasteiger charge is 2.42. The van der Waals surface area contributed by atoms with E-state index < -0.39 is 5.79 Å². The van der Waals surface area contributed by atoms with Crippen molar-refractivity contribution in [3.63, 3.8) is 0 Å². The summed E-state index contributed by atoms with van der Waals surface area (Å²) in [6.07, 6.45) is 0.417. The van der Waals surface area contributed by atoms with Crippen molar-refractivity contribution in [2.24, 2.45) is 5.14 Å².